The fraction of sp³-hybridized carbons (Fsp3) is 0.444. The highest BCUT2D eigenvalue weighted by atomic mass is 16.5. The third-order valence-electron chi connectivity index (χ3n) is 3.87. The summed E-state index contributed by atoms with van der Waals surface area (Å²) in [6.07, 6.45) is 2.99. The van der Waals surface area contributed by atoms with Crippen molar-refractivity contribution in [3.63, 3.8) is 0 Å². The highest BCUT2D eigenvalue weighted by Gasteiger charge is 2.28. The second kappa shape index (κ2) is 8.36. The number of carbonyl (C=O) groups is 2. The molecule has 1 heterocycles. The van der Waals surface area contributed by atoms with E-state index >= 15 is 0 Å². The number of piperidine rings is 1. The Morgan fingerprint density at radius 1 is 1.26 bits per heavy atom. The van der Waals surface area contributed by atoms with Gasteiger partial charge in [0.1, 0.15) is 12.4 Å². The predicted octanol–water partition coefficient (Wildman–Crippen LogP) is 2.67. The van der Waals surface area contributed by atoms with Crippen molar-refractivity contribution in [1.29, 1.82) is 0 Å². The van der Waals surface area contributed by atoms with Gasteiger partial charge in [0.2, 0.25) is 0 Å². The number of nitrogens with zero attached hydrogens (tertiary/aromatic N) is 1. The van der Waals surface area contributed by atoms with Gasteiger partial charge in [0, 0.05) is 18.7 Å². The van der Waals surface area contributed by atoms with E-state index in [4.69, 9.17) is 9.47 Å². The molecule has 1 amide bonds. The van der Waals surface area contributed by atoms with Crippen LogP contribution in [0.1, 0.15) is 30.1 Å². The number of likely N-dealkylation sites (tertiary alicyclic amines) is 1. The molecule has 124 valence electrons. The lowest BCUT2D eigenvalue weighted by atomic mass is 9.96. The van der Waals surface area contributed by atoms with Gasteiger partial charge in [0.25, 0.3) is 5.91 Å². The summed E-state index contributed by atoms with van der Waals surface area (Å²) in [6.45, 7) is 7.40. The van der Waals surface area contributed by atoms with Crippen LogP contribution in [0, 0.1) is 5.92 Å². The van der Waals surface area contributed by atoms with E-state index in [-0.39, 0.29) is 17.8 Å². The lowest BCUT2D eigenvalue weighted by Crippen LogP contribution is -2.40. The van der Waals surface area contributed by atoms with Crippen LogP contribution in [0.2, 0.25) is 0 Å². The molecule has 0 spiro atoms. The maximum atomic E-state index is 12.5. The summed E-state index contributed by atoms with van der Waals surface area (Å²) in [5, 5.41) is 0. The molecule has 0 atom stereocenters. The second-order valence-corrected chi connectivity index (χ2v) is 5.44. The number of hydrogen-bond donors (Lipinski definition) is 0. The molecule has 1 aliphatic heterocycles. The Bertz CT molecular complexity index is 545. The first kappa shape index (κ1) is 17.1. The van der Waals surface area contributed by atoms with Crippen LogP contribution in [0.25, 0.3) is 0 Å². The third kappa shape index (κ3) is 4.58. The normalized spacial score (nSPS) is 15.1. The van der Waals surface area contributed by atoms with Crippen LogP contribution >= 0.6 is 0 Å². The second-order valence-electron chi connectivity index (χ2n) is 5.44. The van der Waals surface area contributed by atoms with Crippen molar-refractivity contribution in [2.75, 3.05) is 26.3 Å². The van der Waals surface area contributed by atoms with Crippen molar-refractivity contribution in [3.8, 4) is 5.75 Å². The lowest BCUT2D eigenvalue weighted by Gasteiger charge is -2.31. The quantitative estimate of drug-likeness (QED) is 0.598. The maximum absolute atomic E-state index is 12.5. The summed E-state index contributed by atoms with van der Waals surface area (Å²) in [5.74, 6) is 0.460. The van der Waals surface area contributed by atoms with Crippen molar-refractivity contribution in [3.05, 3.63) is 42.5 Å². The largest absolute Gasteiger partial charge is 0.490 e. The van der Waals surface area contributed by atoms with Gasteiger partial charge in [-0.3, -0.25) is 9.59 Å². The van der Waals surface area contributed by atoms with Gasteiger partial charge in [0.15, 0.2) is 0 Å². The number of amides is 1. The number of carbonyl (C=O) groups excluding carboxylic acids is 2. The Morgan fingerprint density at radius 3 is 2.48 bits per heavy atom. The smallest absolute Gasteiger partial charge is 0.309 e. The van der Waals surface area contributed by atoms with Crippen LogP contribution < -0.4 is 4.74 Å². The zero-order valence-electron chi connectivity index (χ0n) is 13.5. The van der Waals surface area contributed by atoms with Crippen molar-refractivity contribution in [2.45, 2.75) is 19.8 Å². The molecule has 0 N–H and O–H groups in total. The van der Waals surface area contributed by atoms with E-state index in [1.165, 1.54) is 0 Å². The molecule has 2 rings (SSSR count). The van der Waals surface area contributed by atoms with Gasteiger partial charge in [-0.25, -0.2) is 0 Å². The lowest BCUT2D eigenvalue weighted by molar-refractivity contribution is -0.149. The highest BCUT2D eigenvalue weighted by molar-refractivity contribution is 5.94. The van der Waals surface area contributed by atoms with E-state index in [2.05, 4.69) is 6.58 Å². The first-order valence-electron chi connectivity index (χ1n) is 7.95. The fourth-order valence-corrected chi connectivity index (χ4v) is 2.61. The minimum Gasteiger partial charge on any atom is -0.490 e. The Balaban J connectivity index is 1.89. The Hall–Kier alpha value is -2.30. The zero-order chi connectivity index (χ0) is 16.7. The molecule has 0 saturated carbocycles. The number of hydrogen-bond acceptors (Lipinski definition) is 4. The summed E-state index contributed by atoms with van der Waals surface area (Å²) in [6, 6.07) is 7.08. The molecule has 5 nitrogen and oxygen atoms in total. The zero-order valence-corrected chi connectivity index (χ0v) is 13.5. The maximum Gasteiger partial charge on any atom is 0.309 e. The molecule has 0 aromatic heterocycles. The predicted molar refractivity (Wildman–Crippen MR) is 87.4 cm³/mol. The van der Waals surface area contributed by atoms with Gasteiger partial charge in [0.05, 0.1) is 12.5 Å². The molecular weight excluding hydrogens is 294 g/mol. The fourth-order valence-electron chi connectivity index (χ4n) is 2.61. The van der Waals surface area contributed by atoms with E-state index < -0.39 is 0 Å². The van der Waals surface area contributed by atoms with Gasteiger partial charge < -0.3 is 14.4 Å². The van der Waals surface area contributed by atoms with Crippen LogP contribution in [0.5, 0.6) is 5.75 Å². The number of rotatable bonds is 6. The van der Waals surface area contributed by atoms with E-state index in [0.29, 0.717) is 50.5 Å². The Labute approximate surface area is 136 Å². The number of benzene rings is 1. The summed E-state index contributed by atoms with van der Waals surface area (Å²) in [4.78, 5) is 26.0. The van der Waals surface area contributed by atoms with Gasteiger partial charge in [-0.15, -0.1) is 0 Å². The van der Waals surface area contributed by atoms with E-state index in [0.717, 1.165) is 0 Å². The van der Waals surface area contributed by atoms with E-state index in [9.17, 15) is 9.59 Å². The van der Waals surface area contributed by atoms with Crippen molar-refractivity contribution >= 4 is 11.9 Å². The molecule has 5 heteroatoms. The summed E-state index contributed by atoms with van der Waals surface area (Å²) in [7, 11) is 0. The Kier molecular flexibility index (Phi) is 6.20. The average molecular weight is 317 g/mol. The van der Waals surface area contributed by atoms with Gasteiger partial charge in [-0.1, -0.05) is 12.7 Å². The van der Waals surface area contributed by atoms with Gasteiger partial charge in [-0.2, -0.15) is 0 Å². The van der Waals surface area contributed by atoms with Crippen LogP contribution in [-0.2, 0) is 9.53 Å². The summed E-state index contributed by atoms with van der Waals surface area (Å²) >= 11 is 0. The first-order chi connectivity index (χ1) is 11.2. The van der Waals surface area contributed by atoms with Crippen LogP contribution in [0.4, 0.5) is 0 Å². The van der Waals surface area contributed by atoms with E-state index in [1.54, 1.807) is 42.2 Å². The molecule has 0 radical (unpaired) electrons. The van der Waals surface area contributed by atoms with Crippen molar-refractivity contribution in [2.24, 2.45) is 5.92 Å². The molecule has 1 aromatic carbocycles. The summed E-state index contributed by atoms with van der Waals surface area (Å²) < 4.78 is 10.4. The summed E-state index contributed by atoms with van der Waals surface area (Å²) in [5.41, 5.74) is 0.630. The van der Waals surface area contributed by atoms with Gasteiger partial charge in [-0.05, 0) is 44.0 Å². The molecule has 23 heavy (non-hydrogen) atoms. The molecule has 0 unspecified atom stereocenters. The SMILES string of the molecule is C=CCOc1ccc(C(=O)N2CCC(C(=O)OCC)CC2)cc1. The molecule has 1 fully saturated rings. The van der Waals surface area contributed by atoms with Crippen molar-refractivity contribution < 1.29 is 19.1 Å². The monoisotopic (exact) mass is 317 g/mol. The number of ether oxygens (including phenoxy) is 2. The standard InChI is InChI=1S/C18H23NO4/c1-3-13-23-16-7-5-14(6-8-16)17(20)19-11-9-15(10-12-19)18(21)22-4-2/h3,5-8,15H,1,4,9-13H2,2H3. The first-order valence-corrected chi connectivity index (χ1v) is 7.95. The Morgan fingerprint density at radius 2 is 1.91 bits per heavy atom. The molecule has 1 aliphatic rings. The number of esters is 1. The van der Waals surface area contributed by atoms with Crippen LogP contribution in [-0.4, -0.2) is 43.1 Å². The average Bonchev–Trinajstić information content (AvgIpc) is 2.60. The molecule has 0 aliphatic carbocycles. The van der Waals surface area contributed by atoms with Gasteiger partial charge >= 0.3 is 5.97 Å². The minimum atomic E-state index is -0.150. The molecule has 1 aromatic rings. The minimum absolute atomic E-state index is 0.0115. The van der Waals surface area contributed by atoms with Crippen LogP contribution in [0.15, 0.2) is 36.9 Å². The molecular formula is C18H23NO4. The highest BCUT2D eigenvalue weighted by Crippen LogP contribution is 2.21. The topological polar surface area (TPSA) is 55.8 Å². The molecule has 1 saturated heterocycles. The molecule has 0 bridgehead atoms. The third-order valence-corrected chi connectivity index (χ3v) is 3.87. The van der Waals surface area contributed by atoms with Crippen LogP contribution in [0.3, 0.4) is 0 Å². The van der Waals surface area contributed by atoms with Crippen molar-refractivity contribution in [1.82, 2.24) is 4.90 Å². The van der Waals surface area contributed by atoms with E-state index in [1.807, 2.05) is 0 Å².